The van der Waals surface area contributed by atoms with Gasteiger partial charge in [-0.2, -0.15) is 0 Å². The third-order valence-electron chi connectivity index (χ3n) is 7.30. The van der Waals surface area contributed by atoms with E-state index >= 15 is 0 Å². The summed E-state index contributed by atoms with van der Waals surface area (Å²) >= 11 is 0. The Kier molecular flexibility index (Phi) is 4.91. The van der Waals surface area contributed by atoms with Crippen molar-refractivity contribution in [3.8, 4) is 0 Å². The number of fused-ring (bicyclic) bond motifs is 1. The molecule has 0 radical (unpaired) electrons. The summed E-state index contributed by atoms with van der Waals surface area (Å²) in [5, 5.41) is 3.89. The van der Waals surface area contributed by atoms with E-state index in [0.717, 1.165) is 6.42 Å². The molecule has 2 unspecified atom stereocenters. The van der Waals surface area contributed by atoms with E-state index in [2.05, 4.69) is 140 Å². The zero-order valence-electron chi connectivity index (χ0n) is 18.5. The van der Waals surface area contributed by atoms with Crippen LogP contribution in [0.1, 0.15) is 18.1 Å². The Morgan fingerprint density at radius 1 is 0.576 bits per heavy atom. The molecule has 2 aliphatic rings. The van der Waals surface area contributed by atoms with E-state index in [-0.39, 0.29) is 11.8 Å². The molecular formula is C31H27OP. The molecule has 0 aromatic heterocycles. The molecule has 1 heterocycles. The van der Waals surface area contributed by atoms with Crippen molar-refractivity contribution in [2.75, 3.05) is 0 Å². The van der Waals surface area contributed by atoms with Crippen LogP contribution in [0, 0.1) is 0 Å². The number of allylic oxidation sites excluding steroid dienone is 3. The van der Waals surface area contributed by atoms with Gasteiger partial charge in [-0.15, -0.1) is 0 Å². The van der Waals surface area contributed by atoms with Crippen molar-refractivity contribution in [3.63, 3.8) is 0 Å². The molecular weight excluding hydrogens is 419 g/mol. The van der Waals surface area contributed by atoms with E-state index in [0.29, 0.717) is 0 Å². The molecule has 33 heavy (non-hydrogen) atoms. The maximum absolute atomic E-state index is 7.75. The predicted octanol–water partition coefficient (Wildman–Crippen LogP) is 6.46. The Hall–Kier alpha value is -3.25. The molecule has 2 atom stereocenters. The molecule has 6 rings (SSSR count). The molecule has 2 heteroatoms. The van der Waals surface area contributed by atoms with Crippen LogP contribution < -0.4 is 15.9 Å². The van der Waals surface area contributed by atoms with Crippen LogP contribution >= 0.6 is 6.83 Å². The van der Waals surface area contributed by atoms with Crippen LogP contribution in [-0.2, 0) is 4.52 Å². The van der Waals surface area contributed by atoms with E-state index < -0.39 is 6.83 Å². The van der Waals surface area contributed by atoms with Gasteiger partial charge in [-0.05, 0) is 0 Å². The summed E-state index contributed by atoms with van der Waals surface area (Å²) in [7, 11) is 0. The second-order valence-electron chi connectivity index (χ2n) is 8.85. The molecule has 4 aromatic carbocycles. The fraction of sp³-hybridized carbons (Fsp3) is 0.0968. The molecule has 0 saturated carbocycles. The number of benzene rings is 4. The van der Waals surface area contributed by atoms with Crippen molar-refractivity contribution in [2.45, 2.75) is 18.2 Å². The molecule has 1 saturated heterocycles. The summed E-state index contributed by atoms with van der Waals surface area (Å²) in [6.07, 6.45) is 7.73. The first-order valence-corrected chi connectivity index (χ1v) is 13.9. The van der Waals surface area contributed by atoms with Crippen LogP contribution in [0.3, 0.4) is 0 Å². The first-order valence-electron chi connectivity index (χ1n) is 11.6. The average molecular weight is 447 g/mol. The first-order chi connectivity index (χ1) is 16.3. The third kappa shape index (κ3) is 2.80. The van der Waals surface area contributed by atoms with E-state index in [1.54, 1.807) is 0 Å². The summed E-state index contributed by atoms with van der Waals surface area (Å²) < 4.78 is 7.75. The SMILES string of the molecule is C1=CCC2C(=C1)C(c1ccccc1)OP2(c1ccccc1)(c1ccccc1)c1ccccc1. The number of hydrogen-bond donors (Lipinski definition) is 0. The molecule has 0 spiro atoms. The predicted molar refractivity (Wildman–Crippen MR) is 141 cm³/mol. The van der Waals surface area contributed by atoms with Gasteiger partial charge in [0.1, 0.15) is 0 Å². The second-order valence-corrected chi connectivity index (χ2v) is 13.4. The summed E-state index contributed by atoms with van der Waals surface area (Å²) in [5.41, 5.74) is 2.86. The topological polar surface area (TPSA) is 9.23 Å². The molecule has 1 nitrogen and oxygen atoms in total. The van der Waals surface area contributed by atoms with Gasteiger partial charge in [0.15, 0.2) is 0 Å². The Morgan fingerprint density at radius 3 is 1.52 bits per heavy atom. The molecule has 0 bridgehead atoms. The fourth-order valence-corrected chi connectivity index (χ4v) is 12.7. The quantitative estimate of drug-likeness (QED) is 0.327. The van der Waals surface area contributed by atoms with Crippen LogP contribution in [0.4, 0.5) is 0 Å². The number of rotatable bonds is 4. The van der Waals surface area contributed by atoms with Gasteiger partial charge in [0.05, 0.1) is 0 Å². The van der Waals surface area contributed by atoms with Gasteiger partial charge in [0.25, 0.3) is 0 Å². The summed E-state index contributed by atoms with van der Waals surface area (Å²) in [4.78, 5) is 0. The summed E-state index contributed by atoms with van der Waals surface area (Å²) in [5.74, 6) is 0. The minimum absolute atomic E-state index is 0.0839. The van der Waals surface area contributed by atoms with E-state index in [9.17, 15) is 0 Å². The average Bonchev–Trinajstić information content (AvgIpc) is 3.25. The Bertz CT molecular complexity index is 1210. The normalized spacial score (nSPS) is 23.6. The molecule has 0 N–H and O–H groups in total. The van der Waals surface area contributed by atoms with Gasteiger partial charge in [-0.1, -0.05) is 0 Å². The first kappa shape index (κ1) is 20.4. The van der Waals surface area contributed by atoms with Crippen LogP contribution in [0.5, 0.6) is 0 Å². The van der Waals surface area contributed by atoms with Crippen LogP contribution in [0.15, 0.2) is 145 Å². The second kappa shape index (κ2) is 7.96. The molecule has 4 aromatic rings. The molecule has 1 aliphatic carbocycles. The zero-order valence-corrected chi connectivity index (χ0v) is 19.4. The van der Waals surface area contributed by atoms with Crippen molar-refractivity contribution in [1.29, 1.82) is 0 Å². The van der Waals surface area contributed by atoms with E-state index in [1.807, 2.05) is 0 Å². The van der Waals surface area contributed by atoms with Crippen molar-refractivity contribution < 1.29 is 4.52 Å². The van der Waals surface area contributed by atoms with Gasteiger partial charge < -0.3 is 0 Å². The van der Waals surface area contributed by atoms with Crippen LogP contribution in [-0.4, -0.2) is 5.66 Å². The maximum atomic E-state index is 7.75. The van der Waals surface area contributed by atoms with Crippen molar-refractivity contribution in [3.05, 3.63) is 151 Å². The Morgan fingerprint density at radius 2 is 1.03 bits per heavy atom. The zero-order chi connectivity index (χ0) is 22.2. The third-order valence-corrected chi connectivity index (χ3v) is 13.6. The monoisotopic (exact) mass is 446 g/mol. The fourth-order valence-electron chi connectivity index (χ4n) is 5.96. The van der Waals surface area contributed by atoms with Crippen molar-refractivity contribution >= 4 is 22.7 Å². The van der Waals surface area contributed by atoms with Crippen molar-refractivity contribution in [1.82, 2.24) is 0 Å². The van der Waals surface area contributed by atoms with Gasteiger partial charge in [0.2, 0.25) is 0 Å². The Labute approximate surface area is 196 Å². The van der Waals surface area contributed by atoms with Crippen LogP contribution in [0.25, 0.3) is 0 Å². The van der Waals surface area contributed by atoms with Gasteiger partial charge >= 0.3 is 196 Å². The van der Waals surface area contributed by atoms with Gasteiger partial charge in [0, 0.05) is 0 Å². The number of hydrogen-bond acceptors (Lipinski definition) is 1. The molecule has 1 aliphatic heterocycles. The Balaban J connectivity index is 1.78. The van der Waals surface area contributed by atoms with E-state index in [1.165, 1.54) is 27.1 Å². The minimum atomic E-state index is -3.37. The molecule has 0 amide bonds. The molecule has 1 fully saturated rings. The molecule has 162 valence electrons. The summed E-state index contributed by atoms with van der Waals surface area (Å²) in [6, 6.07) is 43.8. The van der Waals surface area contributed by atoms with Crippen molar-refractivity contribution in [2.24, 2.45) is 0 Å². The van der Waals surface area contributed by atoms with Crippen LogP contribution in [0.2, 0.25) is 0 Å². The standard InChI is InChI=1S/C31H27OP/c1-5-15-25(16-6-1)31-29-23-13-14-24-30(29)33(32-31,26-17-7-2-8-18-26,27-19-9-3-10-20-27)28-21-11-4-12-22-28/h1-23,30-31H,24H2. The summed E-state index contributed by atoms with van der Waals surface area (Å²) in [6.45, 7) is -3.37. The van der Waals surface area contributed by atoms with Gasteiger partial charge in [-0.25, -0.2) is 0 Å². The van der Waals surface area contributed by atoms with Gasteiger partial charge in [-0.3, -0.25) is 0 Å². The van der Waals surface area contributed by atoms with E-state index in [4.69, 9.17) is 4.52 Å².